The number of rotatable bonds is 5. The SMILES string of the molecule is CC(=O)NCCC(O)C(O)c1ccc2c(Cl)ccnc2c1. The maximum Gasteiger partial charge on any atom is 0.216 e. The molecule has 0 radical (unpaired) electrons. The van der Waals surface area contributed by atoms with Crippen molar-refractivity contribution in [3.05, 3.63) is 41.0 Å². The number of pyridine rings is 1. The Labute approximate surface area is 127 Å². The Balaban J connectivity index is 2.11. The topological polar surface area (TPSA) is 82.5 Å². The Bertz CT molecular complexity index is 648. The van der Waals surface area contributed by atoms with Gasteiger partial charge in [0.1, 0.15) is 6.10 Å². The average Bonchev–Trinajstić information content (AvgIpc) is 2.46. The first kappa shape index (κ1) is 15.7. The normalized spacial score (nSPS) is 13.9. The lowest BCUT2D eigenvalue weighted by Crippen LogP contribution is -2.27. The van der Waals surface area contributed by atoms with Crippen LogP contribution in [0.3, 0.4) is 0 Å². The third-order valence-corrected chi connectivity index (χ3v) is 3.56. The van der Waals surface area contributed by atoms with Crippen LogP contribution in [0.1, 0.15) is 25.0 Å². The molecule has 0 aliphatic carbocycles. The minimum Gasteiger partial charge on any atom is -0.390 e. The fraction of sp³-hybridized carbons (Fsp3) is 0.333. The van der Waals surface area contributed by atoms with E-state index in [9.17, 15) is 15.0 Å². The molecule has 0 bridgehead atoms. The van der Waals surface area contributed by atoms with Gasteiger partial charge < -0.3 is 15.5 Å². The van der Waals surface area contributed by atoms with E-state index in [2.05, 4.69) is 10.3 Å². The van der Waals surface area contributed by atoms with Gasteiger partial charge in [-0.05, 0) is 24.1 Å². The number of fused-ring (bicyclic) bond motifs is 1. The van der Waals surface area contributed by atoms with Crippen molar-refractivity contribution in [1.82, 2.24) is 10.3 Å². The molecular weight excluding hydrogens is 292 g/mol. The molecule has 1 aromatic carbocycles. The van der Waals surface area contributed by atoms with Crippen LogP contribution in [0.5, 0.6) is 0 Å². The van der Waals surface area contributed by atoms with Crippen molar-refractivity contribution in [3.63, 3.8) is 0 Å². The van der Waals surface area contributed by atoms with E-state index in [1.165, 1.54) is 6.92 Å². The quantitative estimate of drug-likeness (QED) is 0.786. The third-order valence-electron chi connectivity index (χ3n) is 3.23. The molecule has 0 saturated carbocycles. The van der Waals surface area contributed by atoms with Crippen molar-refractivity contribution in [3.8, 4) is 0 Å². The molecule has 6 heteroatoms. The van der Waals surface area contributed by atoms with Crippen LogP contribution in [-0.4, -0.2) is 33.8 Å². The van der Waals surface area contributed by atoms with Crippen LogP contribution in [-0.2, 0) is 4.79 Å². The summed E-state index contributed by atoms with van der Waals surface area (Å²) >= 11 is 6.06. The van der Waals surface area contributed by atoms with Crippen molar-refractivity contribution in [1.29, 1.82) is 0 Å². The van der Waals surface area contributed by atoms with E-state index in [0.717, 1.165) is 5.39 Å². The lowest BCUT2D eigenvalue weighted by molar-refractivity contribution is -0.119. The number of nitrogens with zero attached hydrogens (tertiary/aromatic N) is 1. The Morgan fingerprint density at radius 1 is 1.38 bits per heavy atom. The van der Waals surface area contributed by atoms with Crippen LogP contribution in [0.15, 0.2) is 30.5 Å². The number of nitrogens with one attached hydrogen (secondary N) is 1. The van der Waals surface area contributed by atoms with Gasteiger partial charge in [0.15, 0.2) is 0 Å². The largest absolute Gasteiger partial charge is 0.390 e. The zero-order valence-corrected chi connectivity index (χ0v) is 12.3. The van der Waals surface area contributed by atoms with Gasteiger partial charge in [-0.1, -0.05) is 23.7 Å². The number of halogens is 1. The van der Waals surface area contributed by atoms with Gasteiger partial charge >= 0.3 is 0 Å². The number of hydrogen-bond donors (Lipinski definition) is 3. The summed E-state index contributed by atoms with van der Waals surface area (Å²) < 4.78 is 0. The summed E-state index contributed by atoms with van der Waals surface area (Å²) in [4.78, 5) is 15.0. The van der Waals surface area contributed by atoms with Crippen molar-refractivity contribution in [2.45, 2.75) is 25.6 Å². The number of carbonyl (C=O) groups is 1. The Hall–Kier alpha value is -1.69. The molecule has 3 N–H and O–H groups in total. The van der Waals surface area contributed by atoms with Gasteiger partial charge in [0.05, 0.1) is 16.6 Å². The minimum atomic E-state index is -1.04. The predicted octanol–water partition coefficient (Wildman–Crippen LogP) is 1.81. The van der Waals surface area contributed by atoms with E-state index in [0.29, 0.717) is 22.6 Å². The highest BCUT2D eigenvalue weighted by molar-refractivity contribution is 6.35. The molecule has 2 unspecified atom stereocenters. The van der Waals surface area contributed by atoms with E-state index in [1.54, 1.807) is 30.5 Å². The summed E-state index contributed by atoms with van der Waals surface area (Å²) in [6.45, 7) is 1.72. The standard InChI is InChI=1S/C15H17ClN2O3/c1-9(19)17-7-5-14(20)15(21)10-2-3-11-12(16)4-6-18-13(11)8-10/h2-4,6,8,14-15,20-21H,5,7H2,1H3,(H,17,19). The Morgan fingerprint density at radius 3 is 2.86 bits per heavy atom. The molecule has 0 aliphatic rings. The van der Waals surface area contributed by atoms with Gasteiger partial charge in [-0.2, -0.15) is 0 Å². The van der Waals surface area contributed by atoms with E-state index < -0.39 is 12.2 Å². The third kappa shape index (κ3) is 3.91. The molecule has 112 valence electrons. The molecule has 1 heterocycles. The first-order valence-corrected chi connectivity index (χ1v) is 7.01. The zero-order valence-electron chi connectivity index (χ0n) is 11.6. The molecule has 0 spiro atoms. The summed E-state index contributed by atoms with van der Waals surface area (Å²) in [7, 11) is 0. The smallest absolute Gasteiger partial charge is 0.216 e. The molecule has 21 heavy (non-hydrogen) atoms. The van der Waals surface area contributed by atoms with Crippen molar-refractivity contribution >= 4 is 28.4 Å². The number of aromatic nitrogens is 1. The first-order valence-electron chi connectivity index (χ1n) is 6.64. The van der Waals surface area contributed by atoms with E-state index in [4.69, 9.17) is 11.6 Å². The fourth-order valence-electron chi connectivity index (χ4n) is 2.09. The van der Waals surface area contributed by atoms with Crippen molar-refractivity contribution < 1.29 is 15.0 Å². The monoisotopic (exact) mass is 308 g/mol. The van der Waals surface area contributed by atoms with Gasteiger partial charge in [-0.3, -0.25) is 9.78 Å². The van der Waals surface area contributed by atoms with Gasteiger partial charge in [0.2, 0.25) is 5.91 Å². The number of amides is 1. The highest BCUT2D eigenvalue weighted by Gasteiger charge is 2.18. The highest BCUT2D eigenvalue weighted by atomic mass is 35.5. The second-order valence-corrected chi connectivity index (χ2v) is 5.26. The molecular formula is C15H17ClN2O3. The van der Waals surface area contributed by atoms with Crippen LogP contribution in [0.25, 0.3) is 10.9 Å². The van der Waals surface area contributed by atoms with Crippen molar-refractivity contribution in [2.75, 3.05) is 6.54 Å². The van der Waals surface area contributed by atoms with Crippen molar-refractivity contribution in [2.24, 2.45) is 0 Å². The first-order chi connectivity index (χ1) is 9.99. The molecule has 1 amide bonds. The van der Waals surface area contributed by atoms with Gasteiger partial charge in [-0.15, -0.1) is 0 Å². The van der Waals surface area contributed by atoms with E-state index in [-0.39, 0.29) is 12.3 Å². The summed E-state index contributed by atoms with van der Waals surface area (Å²) in [6, 6.07) is 6.88. The van der Waals surface area contributed by atoms with Crippen LogP contribution in [0.4, 0.5) is 0 Å². The molecule has 0 fully saturated rings. The maximum atomic E-state index is 10.8. The lowest BCUT2D eigenvalue weighted by atomic mass is 10.0. The van der Waals surface area contributed by atoms with E-state index in [1.807, 2.05) is 0 Å². The number of hydrogen-bond acceptors (Lipinski definition) is 4. The molecule has 0 saturated heterocycles. The van der Waals surface area contributed by atoms with Gasteiger partial charge in [0, 0.05) is 25.1 Å². The molecule has 5 nitrogen and oxygen atoms in total. The van der Waals surface area contributed by atoms with E-state index >= 15 is 0 Å². The van der Waals surface area contributed by atoms with Crippen LogP contribution < -0.4 is 5.32 Å². The Kier molecular flexibility index (Phi) is 5.12. The zero-order chi connectivity index (χ0) is 15.4. The second-order valence-electron chi connectivity index (χ2n) is 4.85. The second kappa shape index (κ2) is 6.85. The minimum absolute atomic E-state index is 0.166. The Morgan fingerprint density at radius 2 is 2.14 bits per heavy atom. The van der Waals surface area contributed by atoms with Crippen LogP contribution in [0, 0.1) is 0 Å². The number of aliphatic hydroxyl groups excluding tert-OH is 2. The fourth-order valence-corrected chi connectivity index (χ4v) is 2.31. The molecule has 2 atom stereocenters. The maximum absolute atomic E-state index is 10.8. The average molecular weight is 309 g/mol. The van der Waals surface area contributed by atoms with Crippen LogP contribution >= 0.6 is 11.6 Å². The molecule has 2 aromatic rings. The summed E-state index contributed by atoms with van der Waals surface area (Å²) in [5, 5.41) is 24.1. The summed E-state index contributed by atoms with van der Waals surface area (Å²) in [5.74, 6) is -0.166. The number of benzene rings is 1. The van der Waals surface area contributed by atoms with Crippen LogP contribution in [0.2, 0.25) is 5.02 Å². The van der Waals surface area contributed by atoms with Gasteiger partial charge in [0.25, 0.3) is 0 Å². The lowest BCUT2D eigenvalue weighted by Gasteiger charge is -2.18. The predicted molar refractivity (Wildman–Crippen MR) is 81.0 cm³/mol. The summed E-state index contributed by atoms with van der Waals surface area (Å²) in [6.07, 6.45) is -0.145. The number of aliphatic hydroxyl groups is 2. The van der Waals surface area contributed by atoms with Gasteiger partial charge in [-0.25, -0.2) is 0 Å². The number of carbonyl (C=O) groups excluding carboxylic acids is 1. The molecule has 1 aromatic heterocycles. The molecule has 0 aliphatic heterocycles. The highest BCUT2D eigenvalue weighted by Crippen LogP contribution is 2.26. The summed E-state index contributed by atoms with van der Waals surface area (Å²) in [5.41, 5.74) is 1.22. The molecule has 2 rings (SSSR count).